The molecule has 1 aromatic heterocycles. The summed E-state index contributed by atoms with van der Waals surface area (Å²) < 4.78 is 5.88. The lowest BCUT2D eigenvalue weighted by molar-refractivity contribution is -0.143. The van der Waals surface area contributed by atoms with Crippen molar-refractivity contribution in [2.24, 2.45) is 5.92 Å². The Bertz CT molecular complexity index is 768. The minimum atomic E-state index is -0.689. The van der Waals surface area contributed by atoms with Crippen LogP contribution in [0.2, 0.25) is 5.02 Å². The molecule has 0 bridgehead atoms. The number of carboxylic acids is 1. The highest BCUT2D eigenvalue weighted by atomic mass is 35.5. The van der Waals surface area contributed by atoms with Crippen LogP contribution in [0.25, 0.3) is 0 Å². The fourth-order valence-electron chi connectivity index (χ4n) is 3.55. The molecule has 1 aromatic carbocycles. The molecule has 2 aromatic rings. The van der Waals surface area contributed by atoms with E-state index in [9.17, 15) is 9.90 Å². The molecule has 1 atom stereocenters. The number of carbonyl (C=O) groups is 1. The zero-order valence-corrected chi connectivity index (χ0v) is 16.6. The van der Waals surface area contributed by atoms with Gasteiger partial charge in [0.25, 0.3) is 0 Å². The van der Waals surface area contributed by atoms with Gasteiger partial charge in [-0.05, 0) is 70.1 Å². The maximum absolute atomic E-state index is 11.3. The summed E-state index contributed by atoms with van der Waals surface area (Å²) in [7, 11) is 0. The Morgan fingerprint density at radius 2 is 2.08 bits per heavy atom. The number of aryl methyl sites for hydroxylation is 1. The predicted molar refractivity (Wildman–Crippen MR) is 105 cm³/mol. The van der Waals surface area contributed by atoms with Crippen LogP contribution in [0, 0.1) is 12.8 Å². The van der Waals surface area contributed by atoms with Gasteiger partial charge in [0, 0.05) is 20.3 Å². The fourth-order valence-corrected chi connectivity index (χ4v) is 4.77. The number of nitrogens with zero attached hydrogens (tertiary/aromatic N) is 1. The molecule has 1 fully saturated rings. The molecule has 0 saturated carbocycles. The van der Waals surface area contributed by atoms with Crippen LogP contribution in [0.4, 0.5) is 0 Å². The molecular formula is C20H24ClNO3S. The fraction of sp³-hybridized carbons (Fsp3) is 0.450. The molecule has 1 aliphatic rings. The first-order valence-electron chi connectivity index (χ1n) is 8.95. The highest BCUT2D eigenvalue weighted by Gasteiger charge is 2.32. The number of rotatable bonds is 6. The normalized spacial score (nSPS) is 17.2. The standard InChI is InChI=1S/C20H24ClNO3S/c1-3-25-17-6-5-15(21)12-16(17)19(18-7-4-13(2)26-18)22-10-8-14(9-11-22)20(23)24/h4-7,12,14,19H,3,8-11H2,1-2H3,(H,23,24). The van der Waals surface area contributed by atoms with Crippen LogP contribution in [0.3, 0.4) is 0 Å². The summed E-state index contributed by atoms with van der Waals surface area (Å²) in [6, 6.07) is 10.1. The summed E-state index contributed by atoms with van der Waals surface area (Å²) in [5.74, 6) is -0.0954. The van der Waals surface area contributed by atoms with Crippen molar-refractivity contribution in [3.8, 4) is 5.75 Å². The Balaban J connectivity index is 1.98. The number of likely N-dealkylation sites (tertiary alicyclic amines) is 1. The van der Waals surface area contributed by atoms with Crippen molar-refractivity contribution < 1.29 is 14.6 Å². The highest BCUT2D eigenvalue weighted by molar-refractivity contribution is 7.12. The van der Waals surface area contributed by atoms with E-state index in [-0.39, 0.29) is 12.0 Å². The van der Waals surface area contributed by atoms with Crippen LogP contribution in [0.15, 0.2) is 30.3 Å². The average Bonchev–Trinajstić information content (AvgIpc) is 3.04. The lowest BCUT2D eigenvalue weighted by Crippen LogP contribution is -2.39. The van der Waals surface area contributed by atoms with Crippen molar-refractivity contribution in [3.05, 3.63) is 50.7 Å². The molecule has 0 radical (unpaired) electrons. The molecule has 26 heavy (non-hydrogen) atoms. The molecule has 1 unspecified atom stereocenters. The largest absolute Gasteiger partial charge is 0.494 e. The summed E-state index contributed by atoms with van der Waals surface area (Å²) in [6.07, 6.45) is 1.33. The highest BCUT2D eigenvalue weighted by Crippen LogP contribution is 2.40. The van der Waals surface area contributed by atoms with Gasteiger partial charge in [0.05, 0.1) is 18.6 Å². The Labute approximate surface area is 163 Å². The monoisotopic (exact) mass is 393 g/mol. The topological polar surface area (TPSA) is 49.8 Å². The molecular weight excluding hydrogens is 370 g/mol. The molecule has 0 aliphatic carbocycles. The molecule has 3 rings (SSSR count). The third-order valence-electron chi connectivity index (χ3n) is 4.84. The van der Waals surface area contributed by atoms with E-state index in [0.29, 0.717) is 24.5 Å². The summed E-state index contributed by atoms with van der Waals surface area (Å²) in [5.41, 5.74) is 1.05. The van der Waals surface area contributed by atoms with Crippen molar-refractivity contribution in [2.45, 2.75) is 32.7 Å². The maximum Gasteiger partial charge on any atom is 0.306 e. The zero-order valence-electron chi connectivity index (χ0n) is 15.1. The van der Waals surface area contributed by atoms with Gasteiger partial charge in [-0.1, -0.05) is 11.6 Å². The van der Waals surface area contributed by atoms with Gasteiger partial charge in [0.15, 0.2) is 0 Å². The van der Waals surface area contributed by atoms with Gasteiger partial charge in [-0.3, -0.25) is 9.69 Å². The predicted octanol–water partition coefficient (Wildman–Crippen LogP) is 4.99. The summed E-state index contributed by atoms with van der Waals surface area (Å²) in [4.78, 5) is 16.2. The number of carboxylic acid groups (broad SMARTS) is 1. The Morgan fingerprint density at radius 1 is 1.35 bits per heavy atom. The first kappa shape index (κ1) is 19.2. The van der Waals surface area contributed by atoms with E-state index in [1.165, 1.54) is 9.75 Å². The van der Waals surface area contributed by atoms with E-state index >= 15 is 0 Å². The molecule has 1 N–H and O–H groups in total. The molecule has 140 valence electrons. The van der Waals surface area contributed by atoms with Gasteiger partial charge >= 0.3 is 5.97 Å². The number of benzene rings is 1. The molecule has 1 saturated heterocycles. The second-order valence-corrected chi connectivity index (χ2v) is 8.37. The Hall–Kier alpha value is -1.56. The van der Waals surface area contributed by atoms with Crippen LogP contribution in [0.5, 0.6) is 5.75 Å². The molecule has 2 heterocycles. The van der Waals surface area contributed by atoms with Crippen LogP contribution < -0.4 is 4.74 Å². The van der Waals surface area contributed by atoms with E-state index in [0.717, 1.165) is 24.4 Å². The van der Waals surface area contributed by atoms with Crippen LogP contribution in [-0.4, -0.2) is 35.7 Å². The first-order valence-corrected chi connectivity index (χ1v) is 10.1. The molecule has 0 spiro atoms. The lowest BCUT2D eigenvalue weighted by atomic mass is 9.93. The number of hydrogen-bond donors (Lipinski definition) is 1. The minimum absolute atomic E-state index is 0.0312. The number of piperidine rings is 1. The summed E-state index contributed by atoms with van der Waals surface area (Å²) in [5, 5.41) is 9.98. The summed E-state index contributed by atoms with van der Waals surface area (Å²) >= 11 is 8.08. The lowest BCUT2D eigenvalue weighted by Gasteiger charge is -2.37. The first-order chi connectivity index (χ1) is 12.5. The maximum atomic E-state index is 11.3. The van der Waals surface area contributed by atoms with Crippen molar-refractivity contribution in [1.82, 2.24) is 4.90 Å². The van der Waals surface area contributed by atoms with E-state index in [1.807, 2.05) is 25.1 Å². The van der Waals surface area contributed by atoms with Crippen molar-refractivity contribution >= 4 is 28.9 Å². The Morgan fingerprint density at radius 3 is 2.65 bits per heavy atom. The van der Waals surface area contributed by atoms with Gasteiger partial charge in [-0.25, -0.2) is 0 Å². The van der Waals surface area contributed by atoms with E-state index < -0.39 is 5.97 Å². The third-order valence-corrected chi connectivity index (χ3v) is 6.13. The number of aliphatic carboxylic acids is 1. The molecule has 1 aliphatic heterocycles. The number of hydrogen-bond acceptors (Lipinski definition) is 4. The number of halogens is 1. The number of ether oxygens (including phenoxy) is 1. The SMILES string of the molecule is CCOc1ccc(Cl)cc1C(c1ccc(C)s1)N1CCC(C(=O)O)CC1. The zero-order chi connectivity index (χ0) is 18.7. The Kier molecular flexibility index (Phi) is 6.22. The van der Waals surface area contributed by atoms with Gasteiger partial charge in [0.2, 0.25) is 0 Å². The van der Waals surface area contributed by atoms with E-state index in [2.05, 4.69) is 24.0 Å². The van der Waals surface area contributed by atoms with Crippen LogP contribution >= 0.6 is 22.9 Å². The van der Waals surface area contributed by atoms with Crippen molar-refractivity contribution in [3.63, 3.8) is 0 Å². The molecule has 4 nitrogen and oxygen atoms in total. The van der Waals surface area contributed by atoms with Gasteiger partial charge in [0.1, 0.15) is 5.75 Å². The van der Waals surface area contributed by atoms with E-state index in [1.54, 1.807) is 11.3 Å². The smallest absolute Gasteiger partial charge is 0.306 e. The van der Waals surface area contributed by atoms with Gasteiger partial charge < -0.3 is 9.84 Å². The molecule has 0 amide bonds. The van der Waals surface area contributed by atoms with E-state index in [4.69, 9.17) is 16.3 Å². The second-order valence-electron chi connectivity index (χ2n) is 6.61. The van der Waals surface area contributed by atoms with Crippen molar-refractivity contribution in [1.29, 1.82) is 0 Å². The van der Waals surface area contributed by atoms with Crippen LogP contribution in [-0.2, 0) is 4.79 Å². The van der Waals surface area contributed by atoms with Crippen LogP contribution in [0.1, 0.15) is 41.1 Å². The summed E-state index contributed by atoms with van der Waals surface area (Å²) in [6.45, 7) is 6.16. The van der Waals surface area contributed by atoms with Gasteiger partial charge in [-0.15, -0.1) is 11.3 Å². The molecule has 6 heteroatoms. The minimum Gasteiger partial charge on any atom is -0.494 e. The second kappa shape index (κ2) is 8.42. The number of thiophene rings is 1. The van der Waals surface area contributed by atoms with Crippen molar-refractivity contribution in [2.75, 3.05) is 19.7 Å². The van der Waals surface area contributed by atoms with Gasteiger partial charge in [-0.2, -0.15) is 0 Å². The average molecular weight is 394 g/mol. The third kappa shape index (κ3) is 4.22. The quantitative estimate of drug-likeness (QED) is 0.750.